The number of nitrogens with two attached hydrogens (primary N) is 1. The molecule has 0 rings (SSSR count). The van der Waals surface area contributed by atoms with Gasteiger partial charge in [-0.25, -0.2) is 4.79 Å². The molecule has 0 aromatic rings. The molecule has 0 aliphatic heterocycles. The predicted molar refractivity (Wildman–Crippen MR) is 35.5 cm³/mol. The van der Waals surface area contributed by atoms with Crippen molar-refractivity contribution < 1.29 is 14.7 Å². The maximum absolute atomic E-state index is 10.3. The van der Waals surface area contributed by atoms with E-state index in [1.54, 1.807) is 0 Å². The van der Waals surface area contributed by atoms with Gasteiger partial charge in [0, 0.05) is 0 Å². The largest absolute Gasteiger partial charge is 0.475 e. The van der Waals surface area contributed by atoms with Gasteiger partial charge >= 0.3 is 5.97 Å². The van der Waals surface area contributed by atoms with E-state index in [2.05, 4.69) is 0 Å². The second-order valence-electron chi connectivity index (χ2n) is 1.65. The molecule has 0 spiro atoms. The molecule has 0 amide bonds. The Hall–Kier alpha value is -1.16. The molecule has 0 saturated carbocycles. The van der Waals surface area contributed by atoms with Gasteiger partial charge < -0.3 is 10.8 Å². The van der Waals surface area contributed by atoms with Gasteiger partial charge in [-0.3, -0.25) is 4.79 Å². The fraction of sp³-hybridized carbons (Fsp3) is 0.333. The number of hydrogen-bond donors (Lipinski definition) is 2. The topological polar surface area (TPSA) is 80.4 Å². The fourth-order valence-electron chi connectivity index (χ4n) is 0.358. The molecule has 4 heteroatoms. The van der Waals surface area contributed by atoms with E-state index in [9.17, 15) is 9.59 Å². The van der Waals surface area contributed by atoms with Gasteiger partial charge in [0.2, 0.25) is 0 Å². The van der Waals surface area contributed by atoms with Gasteiger partial charge in [-0.2, -0.15) is 0 Å². The average Bonchev–Trinajstić information content (AvgIpc) is 1.88. The molecule has 0 bridgehead atoms. The summed E-state index contributed by atoms with van der Waals surface area (Å²) in [6.45, 7) is 0.420. The molecule has 4 nitrogen and oxygen atoms in total. The van der Waals surface area contributed by atoms with E-state index < -0.39 is 11.8 Å². The average molecular weight is 143 g/mol. The van der Waals surface area contributed by atoms with Crippen LogP contribution in [0, 0.1) is 0 Å². The van der Waals surface area contributed by atoms with Crippen LogP contribution in [0.5, 0.6) is 0 Å². The van der Waals surface area contributed by atoms with Crippen molar-refractivity contribution in [3.8, 4) is 0 Å². The molecule has 0 atom stereocenters. The van der Waals surface area contributed by atoms with Crippen molar-refractivity contribution in [3.63, 3.8) is 0 Å². The van der Waals surface area contributed by atoms with Crippen molar-refractivity contribution in [2.75, 3.05) is 6.54 Å². The molecule has 0 aliphatic carbocycles. The normalized spacial score (nSPS) is 10.1. The Labute approximate surface area is 58.3 Å². The first-order valence-electron chi connectivity index (χ1n) is 2.82. The molecule has 3 N–H and O–H groups in total. The highest BCUT2D eigenvalue weighted by molar-refractivity contribution is 6.37. The number of rotatable bonds is 4. The van der Waals surface area contributed by atoms with Crippen LogP contribution in [-0.4, -0.2) is 23.4 Å². The summed E-state index contributed by atoms with van der Waals surface area (Å²) in [7, 11) is 0. The van der Waals surface area contributed by atoms with Gasteiger partial charge in [0.15, 0.2) is 0 Å². The first-order chi connectivity index (χ1) is 4.68. The molecular formula is C6H9NO3. The standard InChI is InChI=1S/C6H9NO3/c7-4-2-1-3-5(8)6(9)10/h1,3H,2,4,7H2,(H,9,10). The Morgan fingerprint density at radius 1 is 1.50 bits per heavy atom. The Morgan fingerprint density at radius 2 is 2.10 bits per heavy atom. The van der Waals surface area contributed by atoms with Crippen molar-refractivity contribution in [1.29, 1.82) is 0 Å². The van der Waals surface area contributed by atoms with Crippen LogP contribution in [0.4, 0.5) is 0 Å². The number of carbonyl (C=O) groups is 2. The van der Waals surface area contributed by atoms with Crippen LogP contribution in [0.15, 0.2) is 12.2 Å². The van der Waals surface area contributed by atoms with Crippen LogP contribution >= 0.6 is 0 Å². The van der Waals surface area contributed by atoms with E-state index in [0.29, 0.717) is 13.0 Å². The second kappa shape index (κ2) is 4.69. The summed E-state index contributed by atoms with van der Waals surface area (Å²) in [5.41, 5.74) is 5.08. The minimum absolute atomic E-state index is 0.420. The lowest BCUT2D eigenvalue weighted by atomic mass is 10.3. The molecule has 0 aromatic heterocycles. The van der Waals surface area contributed by atoms with Gasteiger partial charge in [0.25, 0.3) is 5.78 Å². The predicted octanol–water partition coefficient (Wildman–Crippen LogP) is -0.455. The number of ketones is 1. The van der Waals surface area contributed by atoms with Crippen molar-refractivity contribution >= 4 is 11.8 Å². The summed E-state index contributed by atoms with van der Waals surface area (Å²) in [6, 6.07) is 0. The van der Waals surface area contributed by atoms with Crippen LogP contribution < -0.4 is 5.73 Å². The van der Waals surface area contributed by atoms with Crippen molar-refractivity contribution in [2.24, 2.45) is 5.73 Å². The van der Waals surface area contributed by atoms with E-state index in [1.807, 2.05) is 0 Å². The third-order valence-corrected chi connectivity index (χ3v) is 0.813. The monoisotopic (exact) mass is 143 g/mol. The molecule has 0 radical (unpaired) electrons. The number of aliphatic carboxylic acids is 1. The van der Waals surface area contributed by atoms with Gasteiger partial charge in [-0.05, 0) is 19.0 Å². The van der Waals surface area contributed by atoms with Gasteiger partial charge in [-0.15, -0.1) is 0 Å². The number of carboxylic acid groups (broad SMARTS) is 1. The minimum atomic E-state index is -1.44. The summed E-state index contributed by atoms with van der Waals surface area (Å²) in [6.07, 6.45) is 2.98. The van der Waals surface area contributed by atoms with Gasteiger partial charge in [0.05, 0.1) is 0 Å². The van der Waals surface area contributed by atoms with E-state index in [1.165, 1.54) is 6.08 Å². The summed E-state index contributed by atoms with van der Waals surface area (Å²) < 4.78 is 0. The Morgan fingerprint density at radius 3 is 2.50 bits per heavy atom. The highest BCUT2D eigenvalue weighted by Gasteiger charge is 2.04. The Bertz CT molecular complexity index is 162. The van der Waals surface area contributed by atoms with Crippen LogP contribution in [0.25, 0.3) is 0 Å². The summed E-state index contributed by atoms with van der Waals surface area (Å²) in [5, 5.41) is 8.05. The number of hydrogen-bond acceptors (Lipinski definition) is 3. The molecular weight excluding hydrogens is 134 g/mol. The van der Waals surface area contributed by atoms with Crippen molar-refractivity contribution in [1.82, 2.24) is 0 Å². The van der Waals surface area contributed by atoms with Crippen molar-refractivity contribution in [3.05, 3.63) is 12.2 Å². The molecule has 0 saturated heterocycles. The summed E-state index contributed by atoms with van der Waals surface area (Å²) in [4.78, 5) is 20.2. The Kier molecular flexibility index (Phi) is 4.15. The maximum Gasteiger partial charge on any atom is 0.376 e. The lowest BCUT2D eigenvalue weighted by molar-refractivity contribution is -0.146. The highest BCUT2D eigenvalue weighted by atomic mass is 16.4. The number of carboxylic acids is 1. The third-order valence-electron chi connectivity index (χ3n) is 0.813. The van der Waals surface area contributed by atoms with E-state index in [0.717, 1.165) is 6.08 Å². The second-order valence-corrected chi connectivity index (χ2v) is 1.65. The lowest BCUT2D eigenvalue weighted by Gasteiger charge is -1.83. The van der Waals surface area contributed by atoms with Crippen molar-refractivity contribution in [2.45, 2.75) is 6.42 Å². The SMILES string of the molecule is NCCC=CC(=O)C(=O)O. The molecule has 0 unspecified atom stereocenters. The Balaban J connectivity index is 3.67. The summed E-state index contributed by atoms with van der Waals surface area (Å²) in [5.74, 6) is -2.35. The van der Waals surface area contributed by atoms with Gasteiger partial charge in [-0.1, -0.05) is 6.08 Å². The fourth-order valence-corrected chi connectivity index (χ4v) is 0.358. The van der Waals surface area contributed by atoms with Crippen LogP contribution in [0.1, 0.15) is 6.42 Å². The van der Waals surface area contributed by atoms with E-state index in [-0.39, 0.29) is 0 Å². The number of carbonyl (C=O) groups excluding carboxylic acids is 1. The van der Waals surface area contributed by atoms with E-state index >= 15 is 0 Å². The van der Waals surface area contributed by atoms with Crippen LogP contribution in [0.2, 0.25) is 0 Å². The smallest absolute Gasteiger partial charge is 0.376 e. The van der Waals surface area contributed by atoms with Gasteiger partial charge in [0.1, 0.15) is 0 Å². The highest BCUT2D eigenvalue weighted by Crippen LogP contribution is 1.81. The molecule has 0 aromatic carbocycles. The zero-order valence-electron chi connectivity index (χ0n) is 5.41. The van der Waals surface area contributed by atoms with E-state index in [4.69, 9.17) is 10.8 Å². The first kappa shape index (κ1) is 8.84. The maximum atomic E-state index is 10.3. The first-order valence-corrected chi connectivity index (χ1v) is 2.82. The third kappa shape index (κ3) is 3.80. The lowest BCUT2D eigenvalue weighted by Crippen LogP contribution is -2.08. The molecule has 0 aliphatic rings. The molecule has 0 heterocycles. The zero-order chi connectivity index (χ0) is 7.98. The molecule has 56 valence electrons. The minimum Gasteiger partial charge on any atom is -0.475 e. The molecule has 10 heavy (non-hydrogen) atoms. The molecule has 0 fully saturated rings. The van der Waals surface area contributed by atoms with Crippen LogP contribution in [-0.2, 0) is 9.59 Å². The van der Waals surface area contributed by atoms with Crippen LogP contribution in [0.3, 0.4) is 0 Å². The zero-order valence-corrected chi connectivity index (χ0v) is 5.41. The summed E-state index contributed by atoms with van der Waals surface area (Å²) >= 11 is 0. The quantitative estimate of drug-likeness (QED) is 0.412.